The fourth-order valence-electron chi connectivity index (χ4n) is 2.98. The van der Waals surface area contributed by atoms with Crippen molar-refractivity contribution in [2.24, 2.45) is 0 Å². The Morgan fingerprint density at radius 1 is 1.33 bits per heavy atom. The Bertz CT molecular complexity index is 427. The number of urea groups is 1. The van der Waals surface area contributed by atoms with Crippen molar-refractivity contribution in [3.05, 3.63) is 0 Å². The monoisotopic (exact) mass is 302 g/mol. The van der Waals surface area contributed by atoms with Gasteiger partial charge in [-0.2, -0.15) is 0 Å². The van der Waals surface area contributed by atoms with E-state index in [4.69, 9.17) is 9.84 Å². The molecule has 2 aliphatic rings. The minimum atomic E-state index is -1.12. The number of likely N-dealkylation sites (tertiary alicyclic amines) is 1. The number of nitrogens with zero attached hydrogens (tertiary/aromatic N) is 2. The molecule has 2 saturated heterocycles. The second-order valence-electron chi connectivity index (χ2n) is 6.24. The first-order valence-electron chi connectivity index (χ1n) is 6.98. The maximum atomic E-state index is 12.6. The van der Waals surface area contributed by atoms with E-state index in [-0.39, 0.29) is 26.1 Å². The first kappa shape index (κ1) is 16.0. The molecule has 0 radical (unpaired) electrons. The van der Waals surface area contributed by atoms with Crippen LogP contribution in [-0.4, -0.2) is 87.2 Å². The van der Waals surface area contributed by atoms with Gasteiger partial charge in [0.05, 0.1) is 37.5 Å². The van der Waals surface area contributed by atoms with Gasteiger partial charge < -0.3 is 29.9 Å². The smallest absolute Gasteiger partial charge is 0.326 e. The Morgan fingerprint density at radius 3 is 2.57 bits per heavy atom. The van der Waals surface area contributed by atoms with Crippen LogP contribution >= 0.6 is 0 Å². The molecule has 0 bridgehead atoms. The summed E-state index contributed by atoms with van der Waals surface area (Å²) in [6, 6.07) is -1.44. The first-order valence-corrected chi connectivity index (χ1v) is 6.98. The van der Waals surface area contributed by atoms with E-state index in [9.17, 15) is 19.8 Å². The summed E-state index contributed by atoms with van der Waals surface area (Å²) < 4.78 is 5.63. The summed E-state index contributed by atoms with van der Waals surface area (Å²) in [4.78, 5) is 26.4. The topological polar surface area (TPSA) is 111 Å². The molecule has 2 amide bonds. The molecule has 1 unspecified atom stereocenters. The van der Waals surface area contributed by atoms with Gasteiger partial charge >= 0.3 is 12.0 Å². The van der Waals surface area contributed by atoms with Crippen molar-refractivity contribution in [3.63, 3.8) is 0 Å². The highest BCUT2D eigenvalue weighted by atomic mass is 16.5. The number of carboxylic acid groups (broad SMARTS) is 1. The lowest BCUT2D eigenvalue weighted by molar-refractivity contribution is -0.145. The summed E-state index contributed by atoms with van der Waals surface area (Å²) >= 11 is 0. The molecule has 3 atom stereocenters. The number of aliphatic carboxylic acids is 1. The Hall–Kier alpha value is -1.38. The number of amides is 2. The van der Waals surface area contributed by atoms with Crippen LogP contribution in [0.5, 0.6) is 0 Å². The minimum Gasteiger partial charge on any atom is -0.480 e. The molecule has 8 nitrogen and oxygen atoms in total. The van der Waals surface area contributed by atoms with Crippen molar-refractivity contribution in [2.75, 3.05) is 26.2 Å². The van der Waals surface area contributed by atoms with Crippen LogP contribution in [0.3, 0.4) is 0 Å². The Balaban J connectivity index is 2.13. The van der Waals surface area contributed by atoms with Crippen molar-refractivity contribution < 1.29 is 29.6 Å². The van der Waals surface area contributed by atoms with Crippen LogP contribution < -0.4 is 0 Å². The SMILES string of the molecule is CC1(C)CN(C(=O)N2C[C@@H](O)C[C@H]2C(=O)O)CC(CO)O1. The molecule has 21 heavy (non-hydrogen) atoms. The number of carbonyl (C=O) groups excluding carboxylic acids is 1. The van der Waals surface area contributed by atoms with Crippen LogP contribution in [0.25, 0.3) is 0 Å². The fraction of sp³-hybridized carbons (Fsp3) is 0.846. The van der Waals surface area contributed by atoms with Crippen LogP contribution in [0.1, 0.15) is 20.3 Å². The van der Waals surface area contributed by atoms with E-state index in [0.29, 0.717) is 6.54 Å². The van der Waals surface area contributed by atoms with Crippen molar-refractivity contribution in [1.29, 1.82) is 0 Å². The average molecular weight is 302 g/mol. The van der Waals surface area contributed by atoms with E-state index in [2.05, 4.69) is 0 Å². The maximum absolute atomic E-state index is 12.6. The first-order chi connectivity index (χ1) is 9.73. The molecular weight excluding hydrogens is 280 g/mol. The molecule has 0 aliphatic carbocycles. The Kier molecular flexibility index (Phi) is 4.40. The van der Waals surface area contributed by atoms with Crippen LogP contribution in [0.15, 0.2) is 0 Å². The number of aliphatic hydroxyl groups excluding tert-OH is 2. The highest BCUT2D eigenvalue weighted by molar-refractivity contribution is 5.83. The van der Waals surface area contributed by atoms with Crippen LogP contribution in [0.4, 0.5) is 4.79 Å². The third-order valence-electron chi connectivity index (χ3n) is 3.77. The number of morpholine rings is 1. The van der Waals surface area contributed by atoms with Crippen molar-refractivity contribution >= 4 is 12.0 Å². The molecule has 2 fully saturated rings. The molecule has 2 aliphatic heterocycles. The predicted molar refractivity (Wildman–Crippen MR) is 71.8 cm³/mol. The highest BCUT2D eigenvalue weighted by Crippen LogP contribution is 2.25. The summed E-state index contributed by atoms with van der Waals surface area (Å²) in [5.41, 5.74) is -0.613. The van der Waals surface area contributed by atoms with Gasteiger partial charge in [0.2, 0.25) is 0 Å². The summed E-state index contributed by atoms with van der Waals surface area (Å²) in [5, 5.41) is 28.0. The second-order valence-corrected chi connectivity index (χ2v) is 6.24. The summed E-state index contributed by atoms with van der Waals surface area (Å²) in [6.45, 7) is 3.93. The maximum Gasteiger partial charge on any atom is 0.326 e. The lowest BCUT2D eigenvalue weighted by Crippen LogP contribution is -2.59. The van der Waals surface area contributed by atoms with Gasteiger partial charge in [0.15, 0.2) is 0 Å². The Morgan fingerprint density at radius 2 is 2.00 bits per heavy atom. The molecule has 120 valence electrons. The fourth-order valence-corrected chi connectivity index (χ4v) is 2.98. The zero-order chi connectivity index (χ0) is 15.8. The zero-order valence-electron chi connectivity index (χ0n) is 12.2. The van der Waals surface area contributed by atoms with Crippen LogP contribution in [0, 0.1) is 0 Å². The number of β-amino-alcohol motifs (C(OH)–C–C–N with tert-alkyl or cyclic N) is 1. The number of carbonyl (C=O) groups is 2. The lowest BCUT2D eigenvalue weighted by atomic mass is 10.1. The van der Waals surface area contributed by atoms with Gasteiger partial charge in [-0.1, -0.05) is 0 Å². The summed E-state index contributed by atoms with van der Waals surface area (Å²) in [5.74, 6) is -1.12. The normalized spacial score (nSPS) is 32.3. The van der Waals surface area contributed by atoms with Gasteiger partial charge in [-0.15, -0.1) is 0 Å². The van der Waals surface area contributed by atoms with Gasteiger partial charge in [0, 0.05) is 13.0 Å². The molecule has 0 spiro atoms. The summed E-state index contributed by atoms with van der Waals surface area (Å²) in [6.07, 6.45) is -1.27. The molecule has 2 rings (SSSR count). The lowest BCUT2D eigenvalue weighted by Gasteiger charge is -2.43. The predicted octanol–water partition coefficient (Wildman–Crippen LogP) is -0.902. The third kappa shape index (κ3) is 3.45. The van der Waals surface area contributed by atoms with Gasteiger partial charge in [-0.05, 0) is 13.8 Å². The molecule has 0 aromatic carbocycles. The van der Waals surface area contributed by atoms with Gasteiger partial charge in [0.1, 0.15) is 6.04 Å². The van der Waals surface area contributed by atoms with Gasteiger partial charge in [0.25, 0.3) is 0 Å². The van der Waals surface area contributed by atoms with Gasteiger partial charge in [-0.25, -0.2) is 9.59 Å². The summed E-state index contributed by atoms with van der Waals surface area (Å²) in [7, 11) is 0. The number of hydrogen-bond acceptors (Lipinski definition) is 5. The van der Waals surface area contributed by atoms with Crippen LogP contribution in [-0.2, 0) is 9.53 Å². The molecule has 0 aromatic rings. The average Bonchev–Trinajstić information content (AvgIpc) is 2.78. The van der Waals surface area contributed by atoms with Crippen molar-refractivity contribution in [1.82, 2.24) is 9.80 Å². The zero-order valence-corrected chi connectivity index (χ0v) is 12.2. The van der Waals surface area contributed by atoms with E-state index >= 15 is 0 Å². The van der Waals surface area contributed by atoms with E-state index in [0.717, 1.165) is 0 Å². The second kappa shape index (κ2) is 5.78. The quantitative estimate of drug-likeness (QED) is 0.609. The largest absolute Gasteiger partial charge is 0.480 e. The van der Waals surface area contributed by atoms with E-state index in [1.807, 2.05) is 13.8 Å². The molecule has 8 heteroatoms. The molecule has 2 heterocycles. The highest BCUT2D eigenvalue weighted by Gasteiger charge is 2.43. The van der Waals surface area contributed by atoms with Crippen molar-refractivity contribution in [2.45, 2.75) is 44.1 Å². The number of carboxylic acids is 1. The van der Waals surface area contributed by atoms with E-state index in [1.54, 1.807) is 0 Å². The molecule has 0 saturated carbocycles. The number of rotatable bonds is 2. The number of hydrogen-bond donors (Lipinski definition) is 3. The molecule has 3 N–H and O–H groups in total. The third-order valence-corrected chi connectivity index (χ3v) is 3.77. The standard InChI is InChI=1S/C13H22N2O6/c1-13(2)7-14(5-9(6-16)21-13)12(20)15-4-8(17)3-10(15)11(18)19/h8-10,16-17H,3-7H2,1-2H3,(H,18,19)/t8-,9?,10-/m0/s1. The van der Waals surface area contributed by atoms with Crippen molar-refractivity contribution in [3.8, 4) is 0 Å². The van der Waals surface area contributed by atoms with E-state index in [1.165, 1.54) is 9.80 Å². The van der Waals surface area contributed by atoms with E-state index < -0.39 is 35.9 Å². The van der Waals surface area contributed by atoms with Gasteiger partial charge in [-0.3, -0.25) is 0 Å². The number of aliphatic hydroxyl groups is 2. The number of ether oxygens (including phenoxy) is 1. The van der Waals surface area contributed by atoms with Crippen LogP contribution in [0.2, 0.25) is 0 Å². The molecule has 0 aromatic heterocycles. The Labute approximate surface area is 122 Å². The minimum absolute atomic E-state index is 0.0113. The molecular formula is C13H22N2O6.